The Morgan fingerprint density at radius 2 is 2.00 bits per heavy atom. The number of H-pyrrole nitrogens is 1. The van der Waals surface area contributed by atoms with E-state index in [2.05, 4.69) is 10.3 Å². The number of aromatic nitrogens is 1. The Labute approximate surface area is 154 Å². The molecule has 4 rings (SSSR count). The van der Waals surface area contributed by atoms with Gasteiger partial charge < -0.3 is 19.5 Å². The lowest BCUT2D eigenvalue weighted by Crippen LogP contribution is -2.23. The van der Waals surface area contributed by atoms with E-state index in [0.717, 1.165) is 34.8 Å². The molecular formula is C21H19FN2O3. The molecule has 27 heavy (non-hydrogen) atoms. The molecule has 0 aliphatic carbocycles. The Balaban J connectivity index is 1.28. The number of benzene rings is 2. The van der Waals surface area contributed by atoms with E-state index in [4.69, 9.17) is 9.15 Å². The van der Waals surface area contributed by atoms with Crippen molar-refractivity contribution in [1.29, 1.82) is 0 Å². The largest absolute Gasteiger partial charge is 0.491 e. The molecule has 138 valence electrons. The summed E-state index contributed by atoms with van der Waals surface area (Å²) < 4.78 is 24.4. The highest BCUT2D eigenvalue weighted by Gasteiger charge is 2.06. The maximum absolute atomic E-state index is 13.4. The molecule has 0 aliphatic rings. The molecular weight excluding hydrogens is 347 g/mol. The smallest absolute Gasteiger partial charge is 0.336 e. The first-order chi connectivity index (χ1) is 13.2. The van der Waals surface area contributed by atoms with Crippen LogP contribution in [0.5, 0.6) is 5.75 Å². The van der Waals surface area contributed by atoms with Gasteiger partial charge >= 0.3 is 5.63 Å². The molecule has 5 nitrogen and oxygen atoms in total. The van der Waals surface area contributed by atoms with Gasteiger partial charge in [0.15, 0.2) is 0 Å². The molecule has 4 aromatic rings. The first kappa shape index (κ1) is 17.3. The molecule has 0 amide bonds. The topological polar surface area (TPSA) is 67.3 Å². The fraction of sp³-hybridized carbons (Fsp3) is 0.190. The van der Waals surface area contributed by atoms with Crippen LogP contribution in [0.2, 0.25) is 0 Å². The molecule has 0 aliphatic heterocycles. The summed E-state index contributed by atoms with van der Waals surface area (Å²) in [4.78, 5) is 14.4. The number of fused-ring (bicyclic) bond motifs is 2. The van der Waals surface area contributed by atoms with Crippen molar-refractivity contribution in [3.05, 3.63) is 76.5 Å². The monoisotopic (exact) mass is 366 g/mol. The normalized spacial score (nSPS) is 11.3. The van der Waals surface area contributed by atoms with Gasteiger partial charge in [-0.2, -0.15) is 0 Å². The van der Waals surface area contributed by atoms with E-state index in [-0.39, 0.29) is 11.4 Å². The summed E-state index contributed by atoms with van der Waals surface area (Å²) in [6.07, 6.45) is 2.72. The number of aromatic amines is 1. The highest BCUT2D eigenvalue weighted by Crippen LogP contribution is 2.24. The third kappa shape index (κ3) is 3.85. The lowest BCUT2D eigenvalue weighted by molar-refractivity contribution is 0.317. The standard InChI is InChI=1S/C21H19FN2O3/c22-15-4-6-18-17(12-15)14(13-24-18)8-9-23-10-11-26-19-2-1-3-20-16(19)5-7-21(25)27-20/h1-7,12-13,23-24H,8-11H2. The van der Waals surface area contributed by atoms with E-state index in [9.17, 15) is 9.18 Å². The van der Waals surface area contributed by atoms with Gasteiger partial charge in [-0.25, -0.2) is 9.18 Å². The minimum atomic E-state index is -0.376. The number of nitrogens with one attached hydrogen (secondary N) is 2. The Morgan fingerprint density at radius 1 is 1.07 bits per heavy atom. The van der Waals surface area contributed by atoms with Gasteiger partial charge in [-0.15, -0.1) is 0 Å². The maximum Gasteiger partial charge on any atom is 0.336 e. The van der Waals surface area contributed by atoms with Crippen LogP contribution in [-0.2, 0) is 6.42 Å². The van der Waals surface area contributed by atoms with E-state index >= 15 is 0 Å². The summed E-state index contributed by atoms with van der Waals surface area (Å²) in [5.74, 6) is 0.459. The van der Waals surface area contributed by atoms with Crippen molar-refractivity contribution in [2.45, 2.75) is 6.42 Å². The molecule has 6 heteroatoms. The summed E-state index contributed by atoms with van der Waals surface area (Å²) in [5.41, 5.74) is 2.16. The van der Waals surface area contributed by atoms with Crippen LogP contribution in [0.1, 0.15) is 5.56 Å². The fourth-order valence-electron chi connectivity index (χ4n) is 3.14. The zero-order valence-electron chi connectivity index (χ0n) is 14.6. The third-order valence-electron chi connectivity index (χ3n) is 4.46. The number of hydrogen-bond donors (Lipinski definition) is 2. The zero-order valence-corrected chi connectivity index (χ0v) is 14.6. The van der Waals surface area contributed by atoms with Crippen molar-refractivity contribution < 1.29 is 13.5 Å². The predicted molar refractivity (Wildman–Crippen MR) is 103 cm³/mol. The Kier molecular flexibility index (Phi) is 4.89. The Morgan fingerprint density at radius 3 is 2.93 bits per heavy atom. The van der Waals surface area contributed by atoms with Crippen molar-refractivity contribution in [2.75, 3.05) is 19.7 Å². The molecule has 0 spiro atoms. The van der Waals surface area contributed by atoms with E-state index < -0.39 is 0 Å². The minimum Gasteiger partial charge on any atom is -0.491 e. The lowest BCUT2D eigenvalue weighted by atomic mass is 10.1. The zero-order chi connectivity index (χ0) is 18.6. The van der Waals surface area contributed by atoms with Crippen LogP contribution in [0, 0.1) is 5.82 Å². The van der Waals surface area contributed by atoms with Crippen molar-refractivity contribution in [3.63, 3.8) is 0 Å². The second-order valence-electron chi connectivity index (χ2n) is 6.27. The van der Waals surface area contributed by atoms with Crippen molar-refractivity contribution >= 4 is 21.9 Å². The van der Waals surface area contributed by atoms with Crippen LogP contribution < -0.4 is 15.7 Å². The molecule has 2 aromatic heterocycles. The number of hydrogen-bond acceptors (Lipinski definition) is 4. The second-order valence-corrected chi connectivity index (χ2v) is 6.27. The van der Waals surface area contributed by atoms with Gasteiger partial charge in [0.25, 0.3) is 0 Å². The van der Waals surface area contributed by atoms with Crippen LogP contribution in [0.25, 0.3) is 21.9 Å². The summed E-state index contributed by atoms with van der Waals surface area (Å²) in [6, 6.07) is 13.2. The molecule has 0 atom stereocenters. The van der Waals surface area contributed by atoms with Gasteiger partial charge in [0.1, 0.15) is 23.8 Å². The number of rotatable bonds is 7. The van der Waals surface area contributed by atoms with Gasteiger partial charge in [0.2, 0.25) is 0 Å². The summed E-state index contributed by atoms with van der Waals surface area (Å²) in [6.45, 7) is 1.92. The number of ether oxygens (including phenoxy) is 1. The molecule has 2 heterocycles. The first-order valence-electron chi connectivity index (χ1n) is 8.82. The van der Waals surface area contributed by atoms with Crippen molar-refractivity contribution in [1.82, 2.24) is 10.3 Å². The van der Waals surface area contributed by atoms with E-state index in [1.165, 1.54) is 12.1 Å². The van der Waals surface area contributed by atoms with E-state index in [0.29, 0.717) is 24.5 Å². The van der Waals surface area contributed by atoms with Crippen molar-refractivity contribution in [2.24, 2.45) is 0 Å². The van der Waals surface area contributed by atoms with Gasteiger partial charge in [-0.1, -0.05) is 6.07 Å². The van der Waals surface area contributed by atoms with E-state index in [1.807, 2.05) is 12.3 Å². The second kappa shape index (κ2) is 7.63. The number of halogens is 1. The average molecular weight is 366 g/mol. The van der Waals surface area contributed by atoms with Gasteiger partial charge in [0.05, 0.1) is 5.39 Å². The molecule has 2 aromatic carbocycles. The highest BCUT2D eigenvalue weighted by molar-refractivity contribution is 5.83. The molecule has 0 fully saturated rings. The Bertz CT molecular complexity index is 1130. The molecule has 0 unspecified atom stereocenters. The molecule has 0 saturated carbocycles. The van der Waals surface area contributed by atoms with Gasteiger partial charge in [-0.05, 0) is 54.9 Å². The first-order valence-corrected chi connectivity index (χ1v) is 8.82. The van der Waals surface area contributed by atoms with Crippen LogP contribution in [0.3, 0.4) is 0 Å². The van der Waals surface area contributed by atoms with Crippen LogP contribution in [-0.4, -0.2) is 24.7 Å². The SMILES string of the molecule is O=c1ccc2c(OCCNCCc3c[nH]c4ccc(F)cc34)cccc2o1. The lowest BCUT2D eigenvalue weighted by Gasteiger charge is -2.09. The molecule has 0 saturated heterocycles. The fourth-order valence-corrected chi connectivity index (χ4v) is 3.14. The van der Waals surface area contributed by atoms with Crippen LogP contribution in [0.15, 0.2) is 63.9 Å². The van der Waals surface area contributed by atoms with Gasteiger partial charge in [-0.3, -0.25) is 0 Å². The third-order valence-corrected chi connectivity index (χ3v) is 4.46. The summed E-state index contributed by atoms with van der Waals surface area (Å²) >= 11 is 0. The maximum atomic E-state index is 13.4. The summed E-state index contributed by atoms with van der Waals surface area (Å²) in [7, 11) is 0. The molecule has 0 radical (unpaired) electrons. The van der Waals surface area contributed by atoms with E-state index in [1.54, 1.807) is 30.3 Å². The average Bonchev–Trinajstić information content (AvgIpc) is 3.06. The predicted octanol–water partition coefficient (Wildman–Crippen LogP) is 3.62. The minimum absolute atomic E-state index is 0.226. The molecule has 2 N–H and O–H groups in total. The van der Waals surface area contributed by atoms with Crippen molar-refractivity contribution in [3.8, 4) is 5.75 Å². The highest BCUT2D eigenvalue weighted by atomic mass is 19.1. The van der Waals surface area contributed by atoms with Gasteiger partial charge in [0, 0.05) is 29.7 Å². The molecule has 0 bridgehead atoms. The Hall–Kier alpha value is -3.12. The van der Waals surface area contributed by atoms with Crippen LogP contribution >= 0.6 is 0 Å². The van der Waals surface area contributed by atoms with Crippen LogP contribution in [0.4, 0.5) is 4.39 Å². The summed E-state index contributed by atoms with van der Waals surface area (Å²) in [5, 5.41) is 5.02. The quantitative estimate of drug-likeness (QED) is 0.387.